The first-order valence-corrected chi connectivity index (χ1v) is 9.80. The highest BCUT2D eigenvalue weighted by Crippen LogP contribution is 2.43. The first-order valence-electron chi connectivity index (χ1n) is 9.42. The Labute approximate surface area is 172 Å². The topological polar surface area (TPSA) is 83.6 Å². The summed E-state index contributed by atoms with van der Waals surface area (Å²) >= 11 is 6.28. The van der Waals surface area contributed by atoms with Crippen LogP contribution in [0.15, 0.2) is 54.9 Å². The fourth-order valence-electron chi connectivity index (χ4n) is 3.67. The van der Waals surface area contributed by atoms with Gasteiger partial charge in [-0.2, -0.15) is 5.10 Å². The first kappa shape index (κ1) is 17.8. The Bertz CT molecular complexity index is 1230. The van der Waals surface area contributed by atoms with E-state index in [1.54, 1.807) is 12.4 Å². The number of nitrogens with zero attached hydrogens (tertiary/aromatic N) is 3. The third-order valence-corrected chi connectivity index (χ3v) is 5.61. The number of carbonyl (C=O) groups excluding carboxylic acids is 1. The van der Waals surface area contributed by atoms with E-state index in [0.717, 1.165) is 39.3 Å². The molecule has 29 heavy (non-hydrogen) atoms. The van der Waals surface area contributed by atoms with Gasteiger partial charge in [0, 0.05) is 46.0 Å². The molecule has 3 aromatic heterocycles. The molecule has 2 atom stereocenters. The number of H-pyrrole nitrogens is 1. The van der Waals surface area contributed by atoms with E-state index in [1.165, 1.54) is 0 Å². The fraction of sp³-hybridized carbons (Fsp3) is 0.182. The lowest BCUT2D eigenvalue weighted by Crippen LogP contribution is -2.26. The number of carbonyl (C=O) groups is 1. The number of hydrogen-bond acceptors (Lipinski definition) is 4. The lowest BCUT2D eigenvalue weighted by Gasteiger charge is -2.06. The number of nitrogens with one attached hydrogen (secondary N) is 2. The summed E-state index contributed by atoms with van der Waals surface area (Å²) < 4.78 is 0. The number of halogens is 1. The van der Waals surface area contributed by atoms with E-state index in [0.29, 0.717) is 11.2 Å². The number of aromatic amines is 1. The van der Waals surface area contributed by atoms with Crippen molar-refractivity contribution < 1.29 is 4.79 Å². The van der Waals surface area contributed by atoms with E-state index in [-0.39, 0.29) is 17.9 Å². The number of amides is 1. The number of aromatic nitrogens is 4. The van der Waals surface area contributed by atoms with Crippen molar-refractivity contribution in [2.75, 3.05) is 0 Å². The number of benzene rings is 1. The predicted molar refractivity (Wildman–Crippen MR) is 112 cm³/mol. The van der Waals surface area contributed by atoms with Crippen molar-refractivity contribution in [2.24, 2.45) is 0 Å². The fourth-order valence-corrected chi connectivity index (χ4v) is 3.95. The van der Waals surface area contributed by atoms with E-state index in [4.69, 9.17) is 11.6 Å². The van der Waals surface area contributed by atoms with Crippen molar-refractivity contribution in [2.45, 2.75) is 25.3 Å². The van der Waals surface area contributed by atoms with E-state index < -0.39 is 0 Å². The van der Waals surface area contributed by atoms with Crippen LogP contribution >= 0.6 is 11.6 Å². The van der Waals surface area contributed by atoms with Crippen LogP contribution in [-0.4, -0.2) is 32.1 Å². The Morgan fingerprint density at radius 1 is 1.21 bits per heavy atom. The van der Waals surface area contributed by atoms with Gasteiger partial charge in [0.25, 0.3) is 5.91 Å². The van der Waals surface area contributed by atoms with Crippen molar-refractivity contribution in [1.29, 1.82) is 0 Å². The van der Waals surface area contributed by atoms with Crippen molar-refractivity contribution in [3.8, 4) is 11.3 Å². The van der Waals surface area contributed by atoms with Crippen LogP contribution in [0.25, 0.3) is 22.3 Å². The third kappa shape index (κ3) is 3.36. The Balaban J connectivity index is 1.39. The monoisotopic (exact) mass is 403 g/mol. The third-order valence-electron chi connectivity index (χ3n) is 5.27. The number of rotatable bonds is 4. The molecule has 3 heterocycles. The number of aryl methyl sites for hydroxylation is 1. The average molecular weight is 404 g/mol. The minimum Gasteiger partial charge on any atom is -0.349 e. The zero-order valence-corrected chi connectivity index (χ0v) is 16.4. The van der Waals surface area contributed by atoms with Gasteiger partial charge in [-0.25, -0.2) is 4.98 Å². The number of pyridine rings is 2. The van der Waals surface area contributed by atoms with Crippen LogP contribution in [0.2, 0.25) is 5.02 Å². The van der Waals surface area contributed by atoms with Crippen LogP contribution in [0, 0.1) is 6.92 Å². The smallest absolute Gasteiger partial charge is 0.253 e. The summed E-state index contributed by atoms with van der Waals surface area (Å²) in [5, 5.41) is 11.9. The summed E-state index contributed by atoms with van der Waals surface area (Å²) in [5.74, 6) is 0.116. The van der Waals surface area contributed by atoms with E-state index in [1.807, 2.05) is 49.4 Å². The summed E-state index contributed by atoms with van der Waals surface area (Å²) in [7, 11) is 0. The van der Waals surface area contributed by atoms with Gasteiger partial charge in [-0.1, -0.05) is 29.8 Å². The molecule has 1 aromatic carbocycles. The lowest BCUT2D eigenvalue weighted by molar-refractivity contribution is 0.0950. The zero-order chi connectivity index (χ0) is 20.0. The highest BCUT2D eigenvalue weighted by Gasteiger charge is 2.40. The summed E-state index contributed by atoms with van der Waals surface area (Å²) in [5.41, 5.74) is 4.86. The second kappa shape index (κ2) is 6.97. The second-order valence-electron chi connectivity index (χ2n) is 7.32. The SMILES string of the molecule is Cc1cc(-c2[nH]nc3ncc(C(=O)NC4CC4c4ccccc4Cl)cc23)ccn1. The molecule has 5 rings (SSSR count). The maximum absolute atomic E-state index is 12.8. The molecule has 1 fully saturated rings. The molecule has 0 saturated heterocycles. The summed E-state index contributed by atoms with van der Waals surface area (Å²) in [6, 6.07) is 13.6. The van der Waals surface area contributed by atoms with Crippen LogP contribution < -0.4 is 5.32 Å². The van der Waals surface area contributed by atoms with Gasteiger partial charge in [-0.3, -0.25) is 14.9 Å². The normalized spacial score (nSPS) is 18.0. The van der Waals surface area contributed by atoms with Gasteiger partial charge in [-0.15, -0.1) is 0 Å². The molecule has 0 bridgehead atoms. The molecule has 4 aromatic rings. The van der Waals surface area contributed by atoms with Crippen LogP contribution in [0.3, 0.4) is 0 Å². The van der Waals surface area contributed by atoms with Crippen molar-refractivity contribution in [3.05, 3.63) is 76.7 Å². The average Bonchev–Trinajstić information content (AvgIpc) is 3.34. The molecule has 1 aliphatic carbocycles. The van der Waals surface area contributed by atoms with Gasteiger partial charge in [-0.05, 0) is 43.2 Å². The Kier molecular flexibility index (Phi) is 4.28. The standard InChI is InChI=1S/C22H18ClN5O/c1-12-8-13(6-7-24-12)20-17-9-14(11-25-21(17)28-27-20)22(29)26-19-10-16(19)15-4-2-3-5-18(15)23/h2-9,11,16,19H,10H2,1H3,(H,26,29)(H,25,27,28). The Hall–Kier alpha value is -3.25. The van der Waals surface area contributed by atoms with Gasteiger partial charge in [0.1, 0.15) is 0 Å². The molecule has 1 aliphatic rings. The number of hydrogen-bond donors (Lipinski definition) is 2. The van der Waals surface area contributed by atoms with E-state index in [9.17, 15) is 4.79 Å². The number of fused-ring (bicyclic) bond motifs is 1. The molecule has 144 valence electrons. The molecule has 1 saturated carbocycles. The zero-order valence-electron chi connectivity index (χ0n) is 15.7. The maximum atomic E-state index is 12.8. The van der Waals surface area contributed by atoms with Gasteiger partial charge < -0.3 is 5.32 Å². The van der Waals surface area contributed by atoms with Crippen LogP contribution in [0.4, 0.5) is 0 Å². The second-order valence-corrected chi connectivity index (χ2v) is 7.73. The van der Waals surface area contributed by atoms with Crippen LogP contribution in [0.1, 0.15) is 34.0 Å². The summed E-state index contributed by atoms with van der Waals surface area (Å²) in [4.78, 5) is 21.4. The van der Waals surface area contributed by atoms with Crippen LogP contribution in [0.5, 0.6) is 0 Å². The first-order chi connectivity index (χ1) is 14.1. The largest absolute Gasteiger partial charge is 0.349 e. The molecule has 0 radical (unpaired) electrons. The summed E-state index contributed by atoms with van der Waals surface area (Å²) in [6.07, 6.45) is 4.20. The minimum absolute atomic E-state index is 0.0877. The van der Waals surface area contributed by atoms with Gasteiger partial charge in [0.15, 0.2) is 5.65 Å². The molecule has 1 amide bonds. The molecule has 7 heteroatoms. The molecule has 0 aliphatic heterocycles. The van der Waals surface area contributed by atoms with Gasteiger partial charge in [0.05, 0.1) is 11.3 Å². The molecule has 2 N–H and O–H groups in total. The van der Waals surface area contributed by atoms with E-state index >= 15 is 0 Å². The molecule has 6 nitrogen and oxygen atoms in total. The lowest BCUT2D eigenvalue weighted by atomic mass is 10.1. The van der Waals surface area contributed by atoms with Gasteiger partial charge >= 0.3 is 0 Å². The predicted octanol–water partition coefficient (Wildman–Crippen LogP) is 4.27. The Morgan fingerprint density at radius 2 is 2.07 bits per heavy atom. The highest BCUT2D eigenvalue weighted by molar-refractivity contribution is 6.31. The molecular weight excluding hydrogens is 386 g/mol. The summed E-state index contributed by atoms with van der Waals surface area (Å²) in [6.45, 7) is 1.93. The van der Waals surface area contributed by atoms with Crippen molar-refractivity contribution in [3.63, 3.8) is 0 Å². The Morgan fingerprint density at radius 3 is 2.90 bits per heavy atom. The quantitative estimate of drug-likeness (QED) is 0.533. The van der Waals surface area contributed by atoms with Crippen LogP contribution in [-0.2, 0) is 0 Å². The molecular formula is C22H18ClN5O. The van der Waals surface area contributed by atoms with E-state index in [2.05, 4.69) is 25.5 Å². The van der Waals surface area contributed by atoms with Crippen molar-refractivity contribution in [1.82, 2.24) is 25.5 Å². The minimum atomic E-state index is -0.142. The maximum Gasteiger partial charge on any atom is 0.253 e. The van der Waals surface area contributed by atoms with Gasteiger partial charge in [0.2, 0.25) is 0 Å². The molecule has 0 spiro atoms. The van der Waals surface area contributed by atoms with Crippen molar-refractivity contribution >= 4 is 28.5 Å². The highest BCUT2D eigenvalue weighted by atomic mass is 35.5. The molecule has 2 unspecified atom stereocenters.